The summed E-state index contributed by atoms with van der Waals surface area (Å²) in [6, 6.07) is 9.56. The molecule has 32 heavy (non-hydrogen) atoms. The van der Waals surface area contributed by atoms with E-state index in [0.29, 0.717) is 16.5 Å². The molecular formula is C23H24ClFN3O4+. The number of nitrogens with zero attached hydrogens (tertiary/aromatic N) is 1. The summed E-state index contributed by atoms with van der Waals surface area (Å²) < 4.78 is 14.8. The van der Waals surface area contributed by atoms with Crippen molar-refractivity contribution >= 4 is 35.0 Å². The number of carboxylic acid groups (broad SMARTS) is 1. The highest BCUT2D eigenvalue weighted by Gasteiger charge is 2.36. The number of piperidine rings is 1. The minimum absolute atomic E-state index is 0.0677. The zero-order valence-electron chi connectivity index (χ0n) is 17.2. The number of nitrogens with one attached hydrogen (secondary N) is 1. The van der Waals surface area contributed by atoms with E-state index in [1.165, 1.54) is 22.3 Å². The number of quaternary nitrogens is 1. The van der Waals surface area contributed by atoms with Gasteiger partial charge in [-0.15, -0.1) is 0 Å². The monoisotopic (exact) mass is 460 g/mol. The highest BCUT2D eigenvalue weighted by molar-refractivity contribution is 6.33. The van der Waals surface area contributed by atoms with Crippen LogP contribution in [0.4, 0.5) is 10.1 Å². The fraction of sp³-hybridized carbons (Fsp3) is 0.348. The molecule has 2 fully saturated rings. The Kier molecular flexibility index (Phi) is 6.28. The van der Waals surface area contributed by atoms with Crippen LogP contribution in [0.2, 0.25) is 5.02 Å². The highest BCUT2D eigenvalue weighted by Crippen LogP contribution is 2.42. The molecule has 2 aliphatic rings. The molecule has 1 saturated carbocycles. The first-order valence-electron chi connectivity index (χ1n) is 10.5. The summed E-state index contributed by atoms with van der Waals surface area (Å²) >= 11 is 6.33. The number of rotatable bonds is 5. The fourth-order valence-electron chi connectivity index (χ4n) is 4.24. The summed E-state index contributed by atoms with van der Waals surface area (Å²) in [6.45, 7) is 0.0821. The van der Waals surface area contributed by atoms with Gasteiger partial charge in [0.2, 0.25) is 0 Å². The van der Waals surface area contributed by atoms with E-state index in [1.807, 2.05) is 12.1 Å². The predicted molar refractivity (Wildman–Crippen MR) is 116 cm³/mol. The first kappa shape index (κ1) is 22.4. The number of carbonyl (C=O) groups excluding carboxylic acids is 1. The average molecular weight is 461 g/mol. The van der Waals surface area contributed by atoms with Gasteiger partial charge >= 0.3 is 11.9 Å². The lowest BCUT2D eigenvalue weighted by atomic mass is 9.93. The van der Waals surface area contributed by atoms with Crippen molar-refractivity contribution < 1.29 is 29.5 Å². The van der Waals surface area contributed by atoms with Crippen LogP contribution < -0.4 is 5.32 Å². The summed E-state index contributed by atoms with van der Waals surface area (Å²) in [5.41, 5.74) is 1.44. The second-order valence-corrected chi connectivity index (χ2v) is 8.69. The molecule has 4 rings (SSSR count). The Hall–Kier alpha value is -2.81. The van der Waals surface area contributed by atoms with Crippen molar-refractivity contribution in [1.82, 2.24) is 4.90 Å². The van der Waals surface area contributed by atoms with E-state index in [9.17, 15) is 24.2 Å². The number of carbonyl (C=O) groups is 2. The Bertz CT molecular complexity index is 1090. The van der Waals surface area contributed by atoms with Crippen molar-refractivity contribution in [2.24, 2.45) is 5.92 Å². The minimum Gasteiger partial charge on any atom is -0.481 e. The number of carboxylic acids is 1. The van der Waals surface area contributed by atoms with Gasteiger partial charge in [0.25, 0.3) is 0 Å². The van der Waals surface area contributed by atoms with E-state index >= 15 is 0 Å². The van der Waals surface area contributed by atoms with E-state index in [-0.39, 0.29) is 42.5 Å². The number of hydrogen-bond acceptors (Lipinski definition) is 4. The van der Waals surface area contributed by atoms with Gasteiger partial charge in [-0.3, -0.25) is 10.2 Å². The van der Waals surface area contributed by atoms with Gasteiger partial charge in [-0.2, -0.15) is 0 Å². The molecule has 2 atom stereocenters. The maximum atomic E-state index is 14.8. The summed E-state index contributed by atoms with van der Waals surface area (Å²) in [6.07, 6.45) is 0.943. The van der Waals surface area contributed by atoms with Crippen molar-refractivity contribution in [3.05, 3.63) is 63.9 Å². The third-order valence-electron chi connectivity index (χ3n) is 6.09. The van der Waals surface area contributed by atoms with E-state index in [0.717, 1.165) is 18.4 Å². The van der Waals surface area contributed by atoms with Crippen LogP contribution in [0.5, 0.6) is 0 Å². The van der Waals surface area contributed by atoms with Crippen LogP contribution >= 0.6 is 11.6 Å². The molecule has 168 valence electrons. The predicted octanol–water partition coefficient (Wildman–Crippen LogP) is 2.48. The second-order valence-electron chi connectivity index (χ2n) is 8.29. The lowest BCUT2D eigenvalue weighted by Gasteiger charge is -2.35. The molecule has 2 aromatic rings. The molecule has 1 saturated heterocycles. The maximum absolute atomic E-state index is 14.8. The Morgan fingerprint density at radius 2 is 1.84 bits per heavy atom. The smallest absolute Gasteiger partial charge is 0.349 e. The van der Waals surface area contributed by atoms with E-state index < -0.39 is 23.8 Å². The Morgan fingerprint density at radius 3 is 2.50 bits per heavy atom. The molecule has 0 aromatic heterocycles. The number of amidine groups is 1. The summed E-state index contributed by atoms with van der Waals surface area (Å²) in [4.78, 5) is 25.8. The molecular weight excluding hydrogens is 437 g/mol. The van der Waals surface area contributed by atoms with Gasteiger partial charge in [-0.1, -0.05) is 29.8 Å². The minimum atomic E-state index is -1.17. The van der Waals surface area contributed by atoms with Gasteiger partial charge in [-0.25, -0.2) is 14.5 Å². The number of halogens is 2. The molecule has 1 aliphatic heterocycles. The molecule has 7 nitrogen and oxygen atoms in total. The SMILES string of the molecule is N=C(c1c(F)cccc1[NH2+]C(=O)c1c(Cl)cccc1C1CC1)N1CCC(C(=O)O)C(O)C1. The zero-order chi connectivity index (χ0) is 23.0. The standard InChI is InChI=1S/C23H23ClFN3O4/c24-15-4-1-3-13(12-7-8-12)19(15)22(30)27-17-6-2-5-16(25)20(17)21(26)28-10-9-14(23(31)32)18(29)11-28/h1-6,12,14,18,26,29H,7-11H2,(H,27,30)(H,31,32)/p+1. The lowest BCUT2D eigenvalue weighted by molar-refractivity contribution is -0.464. The fourth-order valence-corrected chi connectivity index (χ4v) is 4.52. The Balaban J connectivity index is 1.60. The molecule has 9 heteroatoms. The molecule has 0 spiro atoms. The molecule has 2 unspecified atom stereocenters. The number of aliphatic hydroxyl groups excluding tert-OH is 1. The van der Waals surface area contributed by atoms with Crippen LogP contribution in [0, 0.1) is 17.1 Å². The van der Waals surface area contributed by atoms with Gasteiger partial charge in [0.05, 0.1) is 17.0 Å². The van der Waals surface area contributed by atoms with Gasteiger partial charge in [0, 0.05) is 19.2 Å². The summed E-state index contributed by atoms with van der Waals surface area (Å²) in [7, 11) is 0. The Morgan fingerprint density at radius 1 is 1.12 bits per heavy atom. The molecule has 2 aromatic carbocycles. The third-order valence-corrected chi connectivity index (χ3v) is 6.41. The highest BCUT2D eigenvalue weighted by atomic mass is 35.5. The van der Waals surface area contributed by atoms with Gasteiger partial charge in [-0.05, 0) is 42.9 Å². The van der Waals surface area contributed by atoms with Gasteiger partial charge < -0.3 is 15.1 Å². The van der Waals surface area contributed by atoms with Crippen LogP contribution in [0.1, 0.15) is 46.7 Å². The quantitative estimate of drug-likeness (QED) is 0.310. The molecule has 1 heterocycles. The Labute approximate surface area is 189 Å². The van der Waals surface area contributed by atoms with Crippen molar-refractivity contribution in [2.45, 2.75) is 31.3 Å². The van der Waals surface area contributed by atoms with Crippen molar-refractivity contribution in [1.29, 1.82) is 5.41 Å². The topological polar surface area (TPSA) is 118 Å². The molecule has 0 bridgehead atoms. The van der Waals surface area contributed by atoms with Crippen molar-refractivity contribution in [3.63, 3.8) is 0 Å². The summed E-state index contributed by atoms with van der Waals surface area (Å²) in [5, 5.41) is 29.5. The van der Waals surface area contributed by atoms with E-state index in [2.05, 4.69) is 0 Å². The number of aliphatic carboxylic acids is 1. The first-order valence-corrected chi connectivity index (χ1v) is 10.9. The molecule has 1 aliphatic carbocycles. The number of likely N-dealkylation sites (tertiary alicyclic amines) is 1. The number of primary amides is 1. The maximum Gasteiger partial charge on any atom is 0.349 e. The number of aliphatic hydroxyl groups is 1. The van der Waals surface area contributed by atoms with Gasteiger partial charge in [0.15, 0.2) is 5.69 Å². The second kappa shape index (κ2) is 8.97. The van der Waals surface area contributed by atoms with Crippen LogP contribution in [-0.2, 0) is 4.79 Å². The number of benzene rings is 2. The number of nitrogens with two attached hydrogens (primary N) is 1. The van der Waals surface area contributed by atoms with E-state index in [1.54, 1.807) is 12.1 Å². The number of amides is 1. The molecule has 5 N–H and O–H groups in total. The van der Waals surface area contributed by atoms with Gasteiger partial charge in [0.1, 0.15) is 22.8 Å². The largest absolute Gasteiger partial charge is 0.481 e. The number of β-amino-alcohol motifs (C(OH)–C–C–N with tert-alkyl or cyclic N) is 1. The zero-order valence-corrected chi connectivity index (χ0v) is 18.0. The van der Waals surface area contributed by atoms with Crippen LogP contribution in [0.25, 0.3) is 0 Å². The molecule has 0 radical (unpaired) electrons. The van der Waals surface area contributed by atoms with Crippen molar-refractivity contribution in [2.75, 3.05) is 13.1 Å². The third kappa shape index (κ3) is 4.39. The lowest BCUT2D eigenvalue weighted by Crippen LogP contribution is -2.83. The molecule has 1 amide bonds. The van der Waals surface area contributed by atoms with Crippen molar-refractivity contribution in [3.8, 4) is 0 Å². The van der Waals surface area contributed by atoms with E-state index in [4.69, 9.17) is 17.0 Å². The average Bonchev–Trinajstić information content (AvgIpc) is 3.58. The van der Waals surface area contributed by atoms with Crippen LogP contribution in [0.15, 0.2) is 36.4 Å². The summed E-state index contributed by atoms with van der Waals surface area (Å²) in [5.74, 6) is -2.96. The first-order chi connectivity index (χ1) is 15.3. The van der Waals surface area contributed by atoms with Crippen LogP contribution in [-0.4, -0.2) is 52.0 Å². The van der Waals surface area contributed by atoms with Crippen LogP contribution in [0.3, 0.4) is 0 Å². The number of hydrogen-bond donors (Lipinski definition) is 4. The normalized spacial score (nSPS) is 20.8.